The molecule has 0 spiro atoms. The van der Waals surface area contributed by atoms with E-state index in [9.17, 15) is 0 Å². The molecular weight excluding hydrogens is 234 g/mol. The third kappa shape index (κ3) is 12.7. The SMILES string of the molecule is CC(C)CCCCCCCCCCCNCC1CO1. The summed E-state index contributed by atoms with van der Waals surface area (Å²) >= 11 is 0. The number of nitrogens with one attached hydrogen (secondary N) is 1. The van der Waals surface area contributed by atoms with Gasteiger partial charge in [-0.3, -0.25) is 0 Å². The molecule has 1 unspecified atom stereocenters. The smallest absolute Gasteiger partial charge is 0.0933 e. The van der Waals surface area contributed by atoms with Gasteiger partial charge in [0.05, 0.1) is 12.7 Å². The molecule has 1 atom stereocenters. The number of hydrogen-bond acceptors (Lipinski definition) is 2. The first-order valence-electron chi connectivity index (χ1n) is 8.61. The Morgan fingerprint density at radius 1 is 0.895 bits per heavy atom. The number of rotatable bonds is 14. The third-order valence-electron chi connectivity index (χ3n) is 3.91. The van der Waals surface area contributed by atoms with Crippen molar-refractivity contribution in [3.8, 4) is 0 Å². The average molecular weight is 269 g/mol. The minimum Gasteiger partial charge on any atom is -0.372 e. The predicted molar refractivity (Wildman–Crippen MR) is 83.6 cm³/mol. The van der Waals surface area contributed by atoms with Crippen LogP contribution in [0.3, 0.4) is 0 Å². The van der Waals surface area contributed by atoms with E-state index in [0.717, 1.165) is 19.1 Å². The number of epoxide rings is 1. The zero-order valence-corrected chi connectivity index (χ0v) is 13.3. The molecule has 2 heteroatoms. The minimum absolute atomic E-state index is 0.538. The third-order valence-corrected chi connectivity index (χ3v) is 3.91. The van der Waals surface area contributed by atoms with Crippen molar-refractivity contribution in [3.05, 3.63) is 0 Å². The van der Waals surface area contributed by atoms with E-state index in [4.69, 9.17) is 4.74 Å². The van der Waals surface area contributed by atoms with E-state index < -0.39 is 0 Å². The number of ether oxygens (including phenoxy) is 1. The molecule has 1 aliphatic rings. The van der Waals surface area contributed by atoms with Gasteiger partial charge in [0.2, 0.25) is 0 Å². The van der Waals surface area contributed by atoms with Crippen molar-refractivity contribution in [1.29, 1.82) is 0 Å². The van der Waals surface area contributed by atoms with Crippen molar-refractivity contribution in [1.82, 2.24) is 5.32 Å². The molecule has 1 aliphatic heterocycles. The molecule has 2 nitrogen and oxygen atoms in total. The molecule has 1 N–H and O–H groups in total. The van der Waals surface area contributed by atoms with Gasteiger partial charge >= 0.3 is 0 Å². The Bertz CT molecular complexity index is 178. The normalized spacial score (nSPS) is 18.2. The van der Waals surface area contributed by atoms with Crippen LogP contribution in [0.1, 0.15) is 78.1 Å². The van der Waals surface area contributed by atoms with Gasteiger partial charge in [-0.1, -0.05) is 71.6 Å². The van der Waals surface area contributed by atoms with E-state index in [2.05, 4.69) is 19.2 Å². The van der Waals surface area contributed by atoms with Crippen LogP contribution in [0.4, 0.5) is 0 Å². The maximum Gasteiger partial charge on any atom is 0.0933 e. The Kier molecular flexibility index (Phi) is 10.5. The van der Waals surface area contributed by atoms with Crippen LogP contribution in [0, 0.1) is 5.92 Å². The first kappa shape index (κ1) is 17.0. The van der Waals surface area contributed by atoms with Gasteiger partial charge in [0.15, 0.2) is 0 Å². The maximum atomic E-state index is 5.16. The van der Waals surface area contributed by atoms with E-state index in [-0.39, 0.29) is 0 Å². The van der Waals surface area contributed by atoms with Gasteiger partial charge in [-0.2, -0.15) is 0 Å². The van der Waals surface area contributed by atoms with Crippen molar-refractivity contribution in [3.63, 3.8) is 0 Å². The molecule has 0 aromatic heterocycles. The second kappa shape index (κ2) is 11.7. The summed E-state index contributed by atoms with van der Waals surface area (Å²) in [7, 11) is 0. The molecule has 114 valence electrons. The fourth-order valence-electron chi connectivity index (χ4n) is 2.49. The molecule has 0 aromatic carbocycles. The van der Waals surface area contributed by atoms with Crippen LogP contribution in [-0.4, -0.2) is 25.8 Å². The second-order valence-electron chi connectivity index (χ2n) is 6.52. The van der Waals surface area contributed by atoms with Crippen LogP contribution in [-0.2, 0) is 4.74 Å². The van der Waals surface area contributed by atoms with Gasteiger partial charge in [0.25, 0.3) is 0 Å². The zero-order chi connectivity index (χ0) is 13.8. The van der Waals surface area contributed by atoms with Gasteiger partial charge in [-0.15, -0.1) is 0 Å². The summed E-state index contributed by atoms with van der Waals surface area (Å²) in [5.41, 5.74) is 0. The van der Waals surface area contributed by atoms with Crippen LogP contribution in [0.15, 0.2) is 0 Å². The van der Waals surface area contributed by atoms with Gasteiger partial charge in [-0.05, 0) is 18.9 Å². The Hall–Kier alpha value is -0.0800. The number of unbranched alkanes of at least 4 members (excludes halogenated alkanes) is 8. The Morgan fingerprint density at radius 3 is 1.95 bits per heavy atom. The summed E-state index contributed by atoms with van der Waals surface area (Å²) in [4.78, 5) is 0. The highest BCUT2D eigenvalue weighted by molar-refractivity contribution is 4.71. The van der Waals surface area contributed by atoms with Crippen LogP contribution in [0.2, 0.25) is 0 Å². The van der Waals surface area contributed by atoms with E-state index in [1.54, 1.807) is 0 Å². The Labute approximate surface area is 120 Å². The fourth-order valence-corrected chi connectivity index (χ4v) is 2.49. The molecule has 0 radical (unpaired) electrons. The molecule has 1 heterocycles. The highest BCUT2D eigenvalue weighted by atomic mass is 16.6. The lowest BCUT2D eigenvalue weighted by molar-refractivity contribution is 0.395. The first-order valence-corrected chi connectivity index (χ1v) is 8.61. The standard InChI is InChI=1S/C17H35NO/c1-16(2)12-10-8-6-4-3-5-7-9-11-13-18-14-17-15-19-17/h16-18H,3-15H2,1-2H3. The van der Waals surface area contributed by atoms with Crippen molar-refractivity contribution in [2.24, 2.45) is 5.92 Å². The molecular formula is C17H35NO. The quantitative estimate of drug-likeness (QED) is 0.370. The summed E-state index contributed by atoms with van der Waals surface area (Å²) in [5.74, 6) is 0.889. The zero-order valence-electron chi connectivity index (χ0n) is 13.3. The van der Waals surface area contributed by atoms with Crippen molar-refractivity contribution < 1.29 is 4.74 Å². The van der Waals surface area contributed by atoms with Crippen LogP contribution < -0.4 is 5.32 Å². The molecule has 1 saturated heterocycles. The first-order chi connectivity index (χ1) is 9.29. The average Bonchev–Trinajstić information content (AvgIpc) is 3.18. The highest BCUT2D eigenvalue weighted by Crippen LogP contribution is 2.13. The molecule has 19 heavy (non-hydrogen) atoms. The summed E-state index contributed by atoms with van der Waals surface area (Å²) < 4.78 is 5.16. The van der Waals surface area contributed by atoms with Crippen molar-refractivity contribution >= 4 is 0 Å². The van der Waals surface area contributed by atoms with Gasteiger partial charge in [0, 0.05) is 6.54 Å². The van der Waals surface area contributed by atoms with E-state index >= 15 is 0 Å². The van der Waals surface area contributed by atoms with E-state index in [1.165, 1.54) is 70.8 Å². The molecule has 0 amide bonds. The fraction of sp³-hybridized carbons (Fsp3) is 1.00. The topological polar surface area (TPSA) is 24.6 Å². The summed E-state index contributed by atoms with van der Waals surface area (Å²) in [6, 6.07) is 0. The summed E-state index contributed by atoms with van der Waals surface area (Å²) in [5, 5.41) is 3.46. The summed E-state index contributed by atoms with van der Waals surface area (Å²) in [6.07, 6.45) is 14.8. The monoisotopic (exact) mass is 269 g/mol. The molecule has 0 bridgehead atoms. The highest BCUT2D eigenvalue weighted by Gasteiger charge is 2.20. The van der Waals surface area contributed by atoms with Gasteiger partial charge < -0.3 is 10.1 Å². The van der Waals surface area contributed by atoms with Gasteiger partial charge in [0.1, 0.15) is 0 Å². The maximum absolute atomic E-state index is 5.16. The molecule has 0 saturated carbocycles. The lowest BCUT2D eigenvalue weighted by atomic mass is 10.0. The van der Waals surface area contributed by atoms with Crippen molar-refractivity contribution in [2.45, 2.75) is 84.2 Å². The molecule has 1 fully saturated rings. The number of hydrogen-bond donors (Lipinski definition) is 1. The van der Waals surface area contributed by atoms with Crippen molar-refractivity contribution in [2.75, 3.05) is 19.7 Å². The molecule has 0 aromatic rings. The van der Waals surface area contributed by atoms with Crippen LogP contribution >= 0.6 is 0 Å². The largest absolute Gasteiger partial charge is 0.372 e. The molecule has 1 rings (SSSR count). The second-order valence-corrected chi connectivity index (χ2v) is 6.52. The lowest BCUT2D eigenvalue weighted by Crippen LogP contribution is -2.20. The van der Waals surface area contributed by atoms with Crippen LogP contribution in [0.25, 0.3) is 0 Å². The van der Waals surface area contributed by atoms with Crippen LogP contribution in [0.5, 0.6) is 0 Å². The lowest BCUT2D eigenvalue weighted by Gasteiger charge is -2.05. The molecule has 0 aliphatic carbocycles. The predicted octanol–water partition coefficient (Wildman–Crippen LogP) is 4.53. The minimum atomic E-state index is 0.538. The van der Waals surface area contributed by atoms with Gasteiger partial charge in [-0.25, -0.2) is 0 Å². The Morgan fingerprint density at radius 2 is 1.42 bits per heavy atom. The summed E-state index contributed by atoms with van der Waals surface area (Å²) in [6.45, 7) is 7.87. The Balaban J connectivity index is 1.62. The van der Waals surface area contributed by atoms with E-state index in [1.807, 2.05) is 0 Å². The van der Waals surface area contributed by atoms with E-state index in [0.29, 0.717) is 6.10 Å².